The number of nitrogens with zero attached hydrogens (tertiary/aromatic N) is 2. The maximum absolute atomic E-state index is 13.2. The van der Waals surface area contributed by atoms with E-state index in [-0.39, 0.29) is 18.1 Å². The summed E-state index contributed by atoms with van der Waals surface area (Å²) in [5.41, 5.74) is -0.401. The smallest absolute Gasteiger partial charge is 0.331 e. The van der Waals surface area contributed by atoms with Crippen LogP contribution in [-0.4, -0.2) is 64.3 Å². The summed E-state index contributed by atoms with van der Waals surface area (Å²) < 4.78 is 0. The highest BCUT2D eigenvalue weighted by atomic mass is 16.4. The molecule has 0 unspecified atom stereocenters. The lowest BCUT2D eigenvalue weighted by Crippen LogP contribution is -2.60. The van der Waals surface area contributed by atoms with Crippen molar-refractivity contribution in [1.82, 2.24) is 9.80 Å². The van der Waals surface area contributed by atoms with E-state index in [0.29, 0.717) is 43.5 Å². The number of hydrogen-bond acceptors (Lipinski definition) is 4. The fourth-order valence-electron chi connectivity index (χ4n) is 4.07. The molecule has 2 atom stereocenters. The largest absolute Gasteiger partial charge is 0.480 e. The van der Waals surface area contributed by atoms with E-state index in [1.807, 2.05) is 0 Å². The van der Waals surface area contributed by atoms with Crippen molar-refractivity contribution >= 4 is 17.7 Å². The number of carbonyl (C=O) groups is 3. The molecule has 0 aliphatic carbocycles. The average molecular weight is 354 g/mol. The Bertz CT molecular complexity index is 780. The third-order valence-electron chi connectivity index (χ3n) is 5.56. The summed E-state index contributed by atoms with van der Waals surface area (Å²) in [5.74, 6) is 0.737. The SMILES string of the molecule is C#Cc1ccc(C(=O)N2CCC[C@H]2C(=O)[C@@]2(C(=O)O)CCCN2C)cc1. The fourth-order valence-corrected chi connectivity index (χ4v) is 4.07. The predicted molar refractivity (Wildman–Crippen MR) is 95.7 cm³/mol. The Kier molecular flexibility index (Phi) is 4.84. The van der Waals surface area contributed by atoms with Crippen molar-refractivity contribution in [1.29, 1.82) is 0 Å². The first-order valence-corrected chi connectivity index (χ1v) is 8.78. The molecular weight excluding hydrogens is 332 g/mol. The molecule has 2 aliphatic rings. The zero-order valence-electron chi connectivity index (χ0n) is 14.8. The number of likely N-dealkylation sites (tertiary alicyclic amines) is 2. The van der Waals surface area contributed by atoms with E-state index in [1.165, 1.54) is 4.90 Å². The summed E-state index contributed by atoms with van der Waals surface area (Å²) in [6.45, 7) is 1.01. The first-order valence-electron chi connectivity index (χ1n) is 8.78. The quantitative estimate of drug-likeness (QED) is 0.653. The van der Waals surface area contributed by atoms with Crippen molar-refractivity contribution in [2.45, 2.75) is 37.3 Å². The molecule has 2 saturated heterocycles. The van der Waals surface area contributed by atoms with Gasteiger partial charge in [-0.15, -0.1) is 6.42 Å². The van der Waals surface area contributed by atoms with Gasteiger partial charge in [0, 0.05) is 17.7 Å². The Hall–Kier alpha value is -2.65. The zero-order valence-corrected chi connectivity index (χ0v) is 14.8. The molecule has 3 rings (SSSR count). The first kappa shape index (κ1) is 18.2. The Balaban J connectivity index is 1.87. The molecule has 26 heavy (non-hydrogen) atoms. The molecule has 1 N–H and O–H groups in total. The van der Waals surface area contributed by atoms with Crippen LogP contribution in [0.5, 0.6) is 0 Å². The molecule has 2 fully saturated rings. The molecule has 1 amide bonds. The van der Waals surface area contributed by atoms with Crippen molar-refractivity contribution in [3.63, 3.8) is 0 Å². The molecule has 2 heterocycles. The summed E-state index contributed by atoms with van der Waals surface area (Å²) >= 11 is 0. The number of benzene rings is 1. The van der Waals surface area contributed by atoms with Crippen LogP contribution in [0.1, 0.15) is 41.6 Å². The highest BCUT2D eigenvalue weighted by Crippen LogP contribution is 2.34. The summed E-state index contributed by atoms with van der Waals surface area (Å²) in [4.78, 5) is 41.2. The molecule has 1 aromatic carbocycles. The fraction of sp³-hybridized carbons (Fsp3) is 0.450. The average Bonchev–Trinajstić information content (AvgIpc) is 3.28. The second-order valence-electron chi connectivity index (χ2n) is 6.93. The molecular formula is C20H22N2O4. The van der Waals surface area contributed by atoms with Gasteiger partial charge in [-0.3, -0.25) is 14.5 Å². The lowest BCUT2D eigenvalue weighted by Gasteiger charge is -2.35. The molecule has 2 aliphatic heterocycles. The second-order valence-corrected chi connectivity index (χ2v) is 6.93. The maximum atomic E-state index is 13.2. The van der Waals surface area contributed by atoms with Crippen molar-refractivity contribution < 1.29 is 19.5 Å². The summed E-state index contributed by atoms with van der Waals surface area (Å²) in [7, 11) is 1.67. The van der Waals surface area contributed by atoms with Gasteiger partial charge in [0.25, 0.3) is 5.91 Å². The number of rotatable bonds is 4. The first-order chi connectivity index (χ1) is 12.4. The van der Waals surface area contributed by atoms with Gasteiger partial charge >= 0.3 is 5.97 Å². The summed E-state index contributed by atoms with van der Waals surface area (Å²) in [6, 6.07) is 5.96. The van der Waals surface area contributed by atoms with Crippen LogP contribution >= 0.6 is 0 Å². The van der Waals surface area contributed by atoms with Crippen LogP contribution < -0.4 is 0 Å². The lowest BCUT2D eigenvalue weighted by molar-refractivity contribution is -0.156. The van der Waals surface area contributed by atoms with E-state index in [1.54, 1.807) is 36.2 Å². The van der Waals surface area contributed by atoms with Gasteiger partial charge in [-0.2, -0.15) is 0 Å². The molecule has 0 spiro atoms. The standard InChI is InChI=1S/C20H22N2O4/c1-3-14-7-9-15(10-8-14)18(24)22-13-4-6-16(22)17(23)20(19(25)26)11-5-12-21(20)2/h1,7-10,16H,4-6,11-13H2,2H3,(H,25,26)/t16-,20+/m0/s1. The highest BCUT2D eigenvalue weighted by Gasteiger charge is 2.56. The van der Waals surface area contributed by atoms with Crippen molar-refractivity contribution in [2.75, 3.05) is 20.1 Å². The summed E-state index contributed by atoms with van der Waals surface area (Å²) in [6.07, 6.45) is 7.46. The normalized spacial score (nSPS) is 25.8. The van der Waals surface area contributed by atoms with Crippen molar-refractivity contribution in [3.8, 4) is 12.3 Å². The topological polar surface area (TPSA) is 77.9 Å². The van der Waals surface area contributed by atoms with Crippen LogP contribution in [0.3, 0.4) is 0 Å². The molecule has 0 bridgehead atoms. The molecule has 1 aromatic rings. The number of amides is 1. The van der Waals surface area contributed by atoms with Crippen LogP contribution in [0.25, 0.3) is 0 Å². The van der Waals surface area contributed by atoms with E-state index in [4.69, 9.17) is 6.42 Å². The highest BCUT2D eigenvalue weighted by molar-refractivity contribution is 6.12. The lowest BCUT2D eigenvalue weighted by atomic mass is 9.85. The number of carbonyl (C=O) groups excluding carboxylic acids is 2. The second kappa shape index (κ2) is 6.93. The van der Waals surface area contributed by atoms with Gasteiger partial charge in [-0.05, 0) is 63.5 Å². The van der Waals surface area contributed by atoms with Gasteiger partial charge in [0.2, 0.25) is 0 Å². The number of aliphatic carboxylic acids is 1. The Morgan fingerprint density at radius 3 is 2.42 bits per heavy atom. The van der Waals surface area contributed by atoms with E-state index in [2.05, 4.69) is 5.92 Å². The third-order valence-corrected chi connectivity index (χ3v) is 5.56. The minimum atomic E-state index is -1.53. The van der Waals surface area contributed by atoms with Gasteiger partial charge < -0.3 is 10.0 Å². The van der Waals surface area contributed by atoms with Crippen LogP contribution in [0, 0.1) is 12.3 Å². The number of Topliss-reactive ketones (excluding diaryl/α,β-unsaturated/α-hetero) is 1. The van der Waals surface area contributed by atoms with Gasteiger partial charge in [0.1, 0.15) is 0 Å². The molecule has 136 valence electrons. The van der Waals surface area contributed by atoms with Gasteiger partial charge in [-0.25, -0.2) is 4.79 Å². The number of terminal acetylenes is 1. The number of carboxylic acids is 1. The number of likely N-dealkylation sites (N-methyl/N-ethyl adjacent to an activating group) is 1. The van der Waals surface area contributed by atoms with Crippen LogP contribution in [0.2, 0.25) is 0 Å². The summed E-state index contributed by atoms with van der Waals surface area (Å²) in [5, 5.41) is 9.78. The third kappa shape index (κ3) is 2.78. The Labute approximate surface area is 152 Å². The van der Waals surface area contributed by atoms with Crippen LogP contribution in [0.15, 0.2) is 24.3 Å². The van der Waals surface area contributed by atoms with Crippen LogP contribution in [0.4, 0.5) is 0 Å². The van der Waals surface area contributed by atoms with Gasteiger partial charge in [-0.1, -0.05) is 5.92 Å². The molecule has 6 nitrogen and oxygen atoms in total. The molecule has 0 saturated carbocycles. The van der Waals surface area contributed by atoms with E-state index in [9.17, 15) is 19.5 Å². The predicted octanol–water partition coefficient (Wildman–Crippen LogP) is 1.39. The number of ketones is 1. The monoisotopic (exact) mass is 354 g/mol. The van der Waals surface area contributed by atoms with Gasteiger partial charge in [0.05, 0.1) is 6.04 Å². The maximum Gasteiger partial charge on any atom is 0.331 e. The van der Waals surface area contributed by atoms with Crippen molar-refractivity contribution in [3.05, 3.63) is 35.4 Å². The minimum Gasteiger partial charge on any atom is -0.480 e. The Morgan fingerprint density at radius 1 is 1.19 bits per heavy atom. The minimum absolute atomic E-state index is 0.259. The Morgan fingerprint density at radius 2 is 1.88 bits per heavy atom. The number of hydrogen-bond donors (Lipinski definition) is 1. The van der Waals surface area contributed by atoms with Crippen LogP contribution in [-0.2, 0) is 9.59 Å². The number of carboxylic acid groups (broad SMARTS) is 1. The van der Waals surface area contributed by atoms with Crippen molar-refractivity contribution in [2.24, 2.45) is 0 Å². The van der Waals surface area contributed by atoms with Gasteiger partial charge in [0.15, 0.2) is 11.3 Å². The van der Waals surface area contributed by atoms with E-state index < -0.39 is 17.6 Å². The molecule has 6 heteroatoms. The molecule has 0 aromatic heterocycles. The molecule has 0 radical (unpaired) electrons. The van der Waals surface area contributed by atoms with E-state index >= 15 is 0 Å². The van der Waals surface area contributed by atoms with E-state index in [0.717, 1.165) is 0 Å². The zero-order chi connectivity index (χ0) is 18.9.